The molecule has 1 fully saturated rings. The number of methoxy groups -OCH3 is 1. The first-order chi connectivity index (χ1) is 16.5. The second kappa shape index (κ2) is 9.48. The van der Waals surface area contributed by atoms with Gasteiger partial charge in [-0.1, -0.05) is 41.0 Å². The standard InChI is InChI=1S/C25H25ClN4O4/c1-15-21(24-28-23(29-34-24)17-5-3-6-19(13-17)32-2)22(16-8-10-18(26)11-9-16)27-25(31)30(15)14-20-7-4-12-33-20/h3,5-6,8-11,13,20,22H,4,7,12,14H2,1-2H3,(H,27,31). The normalized spacial score (nSPS) is 20.6. The molecule has 0 aliphatic carbocycles. The van der Waals surface area contributed by atoms with Gasteiger partial charge in [-0.25, -0.2) is 4.79 Å². The Morgan fingerprint density at radius 1 is 1.24 bits per heavy atom. The number of halogens is 1. The monoisotopic (exact) mass is 480 g/mol. The van der Waals surface area contributed by atoms with Gasteiger partial charge in [0.1, 0.15) is 5.75 Å². The number of nitrogens with zero attached hydrogens (tertiary/aromatic N) is 3. The second-order valence-corrected chi connectivity index (χ2v) is 8.77. The Morgan fingerprint density at radius 3 is 2.79 bits per heavy atom. The minimum atomic E-state index is -0.468. The fraction of sp³-hybridized carbons (Fsp3) is 0.320. The third-order valence-electron chi connectivity index (χ3n) is 6.19. The van der Waals surface area contributed by atoms with Crippen LogP contribution >= 0.6 is 11.6 Å². The molecule has 3 aromatic rings. The van der Waals surface area contributed by atoms with E-state index in [1.165, 1.54) is 0 Å². The number of amides is 2. The van der Waals surface area contributed by atoms with Gasteiger partial charge in [-0.05, 0) is 49.6 Å². The molecule has 0 saturated carbocycles. The zero-order chi connectivity index (χ0) is 23.7. The molecule has 2 aliphatic heterocycles. The first-order valence-electron chi connectivity index (χ1n) is 11.2. The highest BCUT2D eigenvalue weighted by atomic mass is 35.5. The van der Waals surface area contributed by atoms with Crippen LogP contribution in [0, 0.1) is 0 Å². The number of hydrogen-bond acceptors (Lipinski definition) is 6. The summed E-state index contributed by atoms with van der Waals surface area (Å²) in [6, 6.07) is 14.2. The summed E-state index contributed by atoms with van der Waals surface area (Å²) in [6.45, 7) is 3.09. The van der Waals surface area contributed by atoms with Gasteiger partial charge in [-0.15, -0.1) is 0 Å². The molecule has 0 radical (unpaired) electrons. The van der Waals surface area contributed by atoms with Crippen LogP contribution in [0.15, 0.2) is 58.8 Å². The van der Waals surface area contributed by atoms with E-state index in [2.05, 4.69) is 15.5 Å². The summed E-state index contributed by atoms with van der Waals surface area (Å²) in [5, 5.41) is 7.93. The van der Waals surface area contributed by atoms with Crippen molar-refractivity contribution >= 4 is 23.2 Å². The van der Waals surface area contributed by atoms with E-state index in [1.807, 2.05) is 43.3 Å². The zero-order valence-corrected chi connectivity index (χ0v) is 19.7. The lowest BCUT2D eigenvalue weighted by atomic mass is 9.94. The van der Waals surface area contributed by atoms with E-state index in [9.17, 15) is 4.79 Å². The Hall–Kier alpha value is -3.36. The number of urea groups is 1. The molecule has 2 aliphatic rings. The van der Waals surface area contributed by atoms with Crippen LogP contribution in [0.25, 0.3) is 17.0 Å². The average Bonchev–Trinajstić information content (AvgIpc) is 3.54. The van der Waals surface area contributed by atoms with Gasteiger partial charge in [-0.3, -0.25) is 4.90 Å². The number of hydrogen-bond donors (Lipinski definition) is 1. The average molecular weight is 481 g/mol. The predicted molar refractivity (Wildman–Crippen MR) is 127 cm³/mol. The van der Waals surface area contributed by atoms with E-state index in [-0.39, 0.29) is 12.1 Å². The number of rotatable bonds is 6. The van der Waals surface area contributed by atoms with Crippen molar-refractivity contribution in [3.63, 3.8) is 0 Å². The van der Waals surface area contributed by atoms with E-state index in [0.717, 1.165) is 41.8 Å². The Kier molecular flexibility index (Phi) is 6.26. The van der Waals surface area contributed by atoms with E-state index in [4.69, 9.17) is 25.6 Å². The number of allylic oxidation sites excluding steroid dienone is 1. The van der Waals surface area contributed by atoms with E-state index < -0.39 is 6.04 Å². The van der Waals surface area contributed by atoms with Crippen LogP contribution in [0.4, 0.5) is 4.79 Å². The first kappa shape index (κ1) is 22.4. The van der Waals surface area contributed by atoms with E-state index >= 15 is 0 Å². The van der Waals surface area contributed by atoms with Crippen molar-refractivity contribution in [1.29, 1.82) is 0 Å². The summed E-state index contributed by atoms with van der Waals surface area (Å²) in [5.74, 6) is 1.48. The van der Waals surface area contributed by atoms with Gasteiger partial charge < -0.3 is 19.3 Å². The number of carbonyl (C=O) groups excluding carboxylic acids is 1. The molecule has 0 bridgehead atoms. The summed E-state index contributed by atoms with van der Waals surface area (Å²) >= 11 is 6.10. The molecule has 2 amide bonds. The quantitative estimate of drug-likeness (QED) is 0.529. The van der Waals surface area contributed by atoms with Gasteiger partial charge in [0.25, 0.3) is 5.89 Å². The third kappa shape index (κ3) is 4.38. The van der Waals surface area contributed by atoms with Crippen LogP contribution in [0.1, 0.15) is 37.3 Å². The summed E-state index contributed by atoms with van der Waals surface area (Å²) in [6.07, 6.45) is 1.92. The highest BCUT2D eigenvalue weighted by Crippen LogP contribution is 2.38. The lowest BCUT2D eigenvalue weighted by Crippen LogP contribution is -2.48. The largest absolute Gasteiger partial charge is 0.497 e. The Bertz CT molecular complexity index is 1220. The maximum Gasteiger partial charge on any atom is 0.322 e. The number of aromatic nitrogens is 2. The molecule has 176 valence electrons. The second-order valence-electron chi connectivity index (χ2n) is 8.33. The first-order valence-corrected chi connectivity index (χ1v) is 11.6. The van der Waals surface area contributed by atoms with Crippen molar-refractivity contribution in [2.24, 2.45) is 0 Å². The highest BCUT2D eigenvalue weighted by Gasteiger charge is 2.37. The molecule has 3 heterocycles. The summed E-state index contributed by atoms with van der Waals surface area (Å²) in [4.78, 5) is 19.5. The van der Waals surface area contributed by atoms with Crippen molar-refractivity contribution in [2.45, 2.75) is 31.9 Å². The number of nitrogens with one attached hydrogen (secondary N) is 1. The molecule has 1 aromatic heterocycles. The minimum absolute atomic E-state index is 0.00376. The molecular weight excluding hydrogens is 456 g/mol. The van der Waals surface area contributed by atoms with Gasteiger partial charge in [0.2, 0.25) is 5.82 Å². The summed E-state index contributed by atoms with van der Waals surface area (Å²) < 4.78 is 16.8. The smallest absolute Gasteiger partial charge is 0.322 e. The molecule has 1 N–H and O–H groups in total. The molecule has 2 unspecified atom stereocenters. The fourth-order valence-corrected chi connectivity index (χ4v) is 4.51. The molecule has 34 heavy (non-hydrogen) atoms. The van der Waals surface area contributed by atoms with Crippen molar-refractivity contribution in [3.8, 4) is 17.1 Å². The molecule has 8 nitrogen and oxygen atoms in total. The van der Waals surface area contributed by atoms with E-state index in [0.29, 0.717) is 29.0 Å². The van der Waals surface area contributed by atoms with Gasteiger partial charge in [0.05, 0.1) is 31.4 Å². The lowest BCUT2D eigenvalue weighted by Gasteiger charge is -2.36. The minimum Gasteiger partial charge on any atom is -0.497 e. The van der Waals surface area contributed by atoms with Crippen LogP contribution in [0.2, 0.25) is 5.02 Å². The number of benzene rings is 2. The molecule has 2 aromatic carbocycles. The van der Waals surface area contributed by atoms with Crippen molar-refractivity contribution in [1.82, 2.24) is 20.4 Å². The van der Waals surface area contributed by atoms with Crippen LogP contribution in [0.5, 0.6) is 5.75 Å². The van der Waals surface area contributed by atoms with Crippen molar-refractivity contribution in [2.75, 3.05) is 20.3 Å². The van der Waals surface area contributed by atoms with Crippen LogP contribution in [-0.2, 0) is 4.74 Å². The van der Waals surface area contributed by atoms with Crippen molar-refractivity contribution in [3.05, 3.63) is 70.7 Å². The highest BCUT2D eigenvalue weighted by molar-refractivity contribution is 6.30. The topological polar surface area (TPSA) is 89.7 Å². The predicted octanol–water partition coefficient (Wildman–Crippen LogP) is 5.08. The maximum absolute atomic E-state index is 13.1. The molecule has 1 saturated heterocycles. The van der Waals surface area contributed by atoms with Gasteiger partial charge in [0, 0.05) is 22.9 Å². The lowest BCUT2D eigenvalue weighted by molar-refractivity contribution is 0.0877. The van der Waals surface area contributed by atoms with Gasteiger partial charge in [-0.2, -0.15) is 4.98 Å². The fourth-order valence-electron chi connectivity index (χ4n) is 4.39. The third-order valence-corrected chi connectivity index (χ3v) is 6.45. The van der Waals surface area contributed by atoms with Crippen LogP contribution in [0.3, 0.4) is 0 Å². The Balaban J connectivity index is 1.56. The van der Waals surface area contributed by atoms with Crippen LogP contribution < -0.4 is 10.1 Å². The Labute approximate surface area is 202 Å². The summed E-state index contributed by atoms with van der Waals surface area (Å²) in [5.41, 5.74) is 3.12. The van der Waals surface area contributed by atoms with Crippen LogP contribution in [-0.4, -0.2) is 47.4 Å². The van der Waals surface area contributed by atoms with Gasteiger partial charge in [0.15, 0.2) is 0 Å². The number of carbonyl (C=O) groups is 1. The summed E-state index contributed by atoms with van der Waals surface area (Å²) in [7, 11) is 1.61. The zero-order valence-electron chi connectivity index (χ0n) is 19.0. The molecule has 9 heteroatoms. The Morgan fingerprint density at radius 2 is 2.06 bits per heavy atom. The SMILES string of the molecule is COc1cccc(-c2noc(C3=C(C)N(CC4CCCO4)C(=O)NC3c3ccc(Cl)cc3)n2)c1. The molecule has 5 rings (SSSR count). The maximum atomic E-state index is 13.1. The molecule has 2 atom stereocenters. The van der Waals surface area contributed by atoms with E-state index in [1.54, 1.807) is 24.1 Å². The number of ether oxygens (including phenoxy) is 2. The molecule has 0 spiro atoms. The van der Waals surface area contributed by atoms with Gasteiger partial charge >= 0.3 is 6.03 Å². The molecular formula is C25H25ClN4O4. The van der Waals surface area contributed by atoms with Crippen molar-refractivity contribution < 1.29 is 18.8 Å².